The summed E-state index contributed by atoms with van der Waals surface area (Å²) in [6.07, 6.45) is 1.71. The Hall–Kier alpha value is -3.20. The summed E-state index contributed by atoms with van der Waals surface area (Å²) >= 11 is 0. The number of Topliss-reactive ketones (excluding diaryl/α,β-unsaturated/α-hetero) is 1. The number of pyridine rings is 1. The van der Waals surface area contributed by atoms with E-state index in [4.69, 9.17) is 0 Å². The summed E-state index contributed by atoms with van der Waals surface area (Å²) in [6.45, 7) is 0. The SMILES string of the molecule is O=C1C(c2ccccn2)=C(Nc2ccccc2)c2ccccc21. The Labute approximate surface area is 134 Å². The molecule has 1 aliphatic carbocycles. The summed E-state index contributed by atoms with van der Waals surface area (Å²) in [5.41, 5.74) is 4.70. The average molecular weight is 298 g/mol. The van der Waals surface area contributed by atoms with Crippen LogP contribution in [0.5, 0.6) is 0 Å². The maximum Gasteiger partial charge on any atom is 0.198 e. The molecular weight excluding hydrogens is 284 g/mol. The lowest BCUT2D eigenvalue weighted by Crippen LogP contribution is -2.02. The van der Waals surface area contributed by atoms with E-state index < -0.39 is 0 Å². The number of nitrogens with one attached hydrogen (secondary N) is 1. The largest absolute Gasteiger partial charge is 0.354 e. The second-order valence-electron chi connectivity index (χ2n) is 5.33. The predicted octanol–water partition coefficient (Wildman–Crippen LogP) is 4.26. The molecule has 0 radical (unpaired) electrons. The number of anilines is 1. The van der Waals surface area contributed by atoms with Crippen molar-refractivity contribution in [2.75, 3.05) is 5.32 Å². The minimum absolute atomic E-state index is 0.0118. The van der Waals surface area contributed by atoms with Gasteiger partial charge in [-0.15, -0.1) is 0 Å². The minimum Gasteiger partial charge on any atom is -0.354 e. The van der Waals surface area contributed by atoms with E-state index in [1.165, 1.54) is 0 Å². The van der Waals surface area contributed by atoms with Crippen LogP contribution >= 0.6 is 0 Å². The number of para-hydroxylation sites is 1. The molecule has 0 bridgehead atoms. The molecule has 3 aromatic rings. The number of ketones is 1. The van der Waals surface area contributed by atoms with Gasteiger partial charge in [0.05, 0.1) is 17.0 Å². The number of fused-ring (bicyclic) bond motifs is 1. The normalized spacial score (nSPS) is 13.1. The number of carbonyl (C=O) groups excluding carboxylic acids is 1. The number of hydrogen-bond donors (Lipinski definition) is 1. The van der Waals surface area contributed by atoms with Crippen LogP contribution in [0, 0.1) is 0 Å². The third-order valence-electron chi connectivity index (χ3n) is 3.88. The highest BCUT2D eigenvalue weighted by molar-refractivity contribution is 6.40. The van der Waals surface area contributed by atoms with Gasteiger partial charge in [-0.05, 0) is 24.3 Å². The summed E-state index contributed by atoms with van der Waals surface area (Å²) in [4.78, 5) is 17.2. The molecule has 0 aliphatic heterocycles. The summed E-state index contributed by atoms with van der Waals surface area (Å²) in [5, 5.41) is 3.39. The molecule has 4 rings (SSSR count). The second kappa shape index (κ2) is 5.54. The molecule has 0 spiro atoms. The number of allylic oxidation sites excluding steroid dienone is 1. The van der Waals surface area contributed by atoms with Crippen molar-refractivity contribution in [2.45, 2.75) is 0 Å². The van der Waals surface area contributed by atoms with Crippen molar-refractivity contribution in [3.63, 3.8) is 0 Å². The van der Waals surface area contributed by atoms with Crippen LogP contribution in [-0.2, 0) is 0 Å². The van der Waals surface area contributed by atoms with E-state index in [1.807, 2.05) is 72.8 Å². The van der Waals surface area contributed by atoms with Gasteiger partial charge in [-0.25, -0.2) is 0 Å². The summed E-state index contributed by atoms with van der Waals surface area (Å²) in [6, 6.07) is 23.1. The smallest absolute Gasteiger partial charge is 0.198 e. The van der Waals surface area contributed by atoms with Crippen LogP contribution < -0.4 is 5.32 Å². The van der Waals surface area contributed by atoms with Crippen LogP contribution in [-0.4, -0.2) is 10.8 Å². The number of aromatic nitrogens is 1. The van der Waals surface area contributed by atoms with E-state index in [1.54, 1.807) is 6.20 Å². The molecule has 0 atom stereocenters. The van der Waals surface area contributed by atoms with Crippen LogP contribution in [0.1, 0.15) is 21.6 Å². The first-order valence-electron chi connectivity index (χ1n) is 7.46. The molecule has 110 valence electrons. The molecule has 0 fully saturated rings. The zero-order valence-electron chi connectivity index (χ0n) is 12.4. The molecule has 1 aromatic heterocycles. The Bertz CT molecular complexity index is 899. The number of benzene rings is 2. The van der Waals surface area contributed by atoms with Crippen molar-refractivity contribution in [3.05, 3.63) is 95.8 Å². The highest BCUT2D eigenvalue weighted by Crippen LogP contribution is 2.37. The van der Waals surface area contributed by atoms with E-state index in [-0.39, 0.29) is 5.78 Å². The Kier molecular flexibility index (Phi) is 3.24. The molecule has 0 amide bonds. The molecule has 3 heteroatoms. The first-order valence-corrected chi connectivity index (χ1v) is 7.46. The van der Waals surface area contributed by atoms with Crippen molar-refractivity contribution in [1.29, 1.82) is 0 Å². The van der Waals surface area contributed by atoms with Gasteiger partial charge in [0.2, 0.25) is 0 Å². The van der Waals surface area contributed by atoms with Gasteiger partial charge >= 0.3 is 0 Å². The van der Waals surface area contributed by atoms with Gasteiger partial charge < -0.3 is 5.32 Å². The van der Waals surface area contributed by atoms with E-state index >= 15 is 0 Å². The summed E-state index contributed by atoms with van der Waals surface area (Å²) in [7, 11) is 0. The minimum atomic E-state index is 0.0118. The van der Waals surface area contributed by atoms with Crippen LogP contribution in [0.4, 0.5) is 5.69 Å². The number of rotatable bonds is 3. The highest BCUT2D eigenvalue weighted by atomic mass is 16.1. The molecule has 3 nitrogen and oxygen atoms in total. The first kappa shape index (κ1) is 13.5. The maximum atomic E-state index is 12.9. The maximum absolute atomic E-state index is 12.9. The Balaban J connectivity index is 1.90. The van der Waals surface area contributed by atoms with Gasteiger partial charge in [0.15, 0.2) is 5.78 Å². The quantitative estimate of drug-likeness (QED) is 0.785. The molecule has 2 aromatic carbocycles. The van der Waals surface area contributed by atoms with E-state index in [2.05, 4.69) is 10.3 Å². The summed E-state index contributed by atoms with van der Waals surface area (Å²) < 4.78 is 0. The fraction of sp³-hybridized carbons (Fsp3) is 0. The van der Waals surface area contributed by atoms with E-state index in [0.29, 0.717) is 16.8 Å². The molecular formula is C20H14N2O. The third kappa shape index (κ3) is 2.32. The lowest BCUT2D eigenvalue weighted by atomic mass is 10.1. The second-order valence-corrected chi connectivity index (χ2v) is 5.33. The first-order chi connectivity index (χ1) is 11.3. The van der Waals surface area contributed by atoms with Gasteiger partial charge in [-0.3, -0.25) is 9.78 Å². The lowest BCUT2D eigenvalue weighted by molar-refractivity contribution is 0.105. The standard InChI is InChI=1S/C20H14N2O/c23-20-16-11-5-4-10-15(16)19(22-14-8-2-1-3-9-14)18(20)17-12-6-7-13-21-17/h1-13,22H. The van der Waals surface area contributed by atoms with Crippen molar-refractivity contribution < 1.29 is 4.79 Å². The van der Waals surface area contributed by atoms with E-state index in [0.717, 1.165) is 16.9 Å². The Morgan fingerprint density at radius 2 is 1.43 bits per heavy atom. The van der Waals surface area contributed by atoms with Crippen molar-refractivity contribution in [2.24, 2.45) is 0 Å². The molecule has 0 saturated carbocycles. The molecule has 0 saturated heterocycles. The molecule has 23 heavy (non-hydrogen) atoms. The van der Waals surface area contributed by atoms with Crippen molar-refractivity contribution in [3.8, 4) is 0 Å². The molecule has 1 heterocycles. The van der Waals surface area contributed by atoms with Gasteiger partial charge in [0.25, 0.3) is 0 Å². The van der Waals surface area contributed by atoms with E-state index in [9.17, 15) is 4.79 Å². The van der Waals surface area contributed by atoms with Gasteiger partial charge in [-0.2, -0.15) is 0 Å². The third-order valence-corrected chi connectivity index (χ3v) is 3.88. The topological polar surface area (TPSA) is 42.0 Å². The monoisotopic (exact) mass is 298 g/mol. The predicted molar refractivity (Wildman–Crippen MR) is 91.9 cm³/mol. The average Bonchev–Trinajstić information content (AvgIpc) is 2.89. The van der Waals surface area contributed by atoms with Crippen molar-refractivity contribution in [1.82, 2.24) is 4.98 Å². The number of nitrogens with zero attached hydrogens (tertiary/aromatic N) is 1. The number of hydrogen-bond acceptors (Lipinski definition) is 3. The zero-order valence-corrected chi connectivity index (χ0v) is 12.4. The molecule has 1 N–H and O–H groups in total. The number of carbonyl (C=O) groups is 1. The highest BCUT2D eigenvalue weighted by Gasteiger charge is 2.31. The van der Waals surface area contributed by atoms with Crippen molar-refractivity contribution >= 4 is 22.7 Å². The van der Waals surface area contributed by atoms with Gasteiger partial charge in [0.1, 0.15) is 0 Å². The van der Waals surface area contributed by atoms with Gasteiger partial charge in [-0.1, -0.05) is 48.5 Å². The lowest BCUT2D eigenvalue weighted by Gasteiger charge is -2.11. The van der Waals surface area contributed by atoms with Crippen LogP contribution in [0.25, 0.3) is 11.3 Å². The summed E-state index contributed by atoms with van der Waals surface area (Å²) in [5.74, 6) is 0.0118. The van der Waals surface area contributed by atoms with Gasteiger partial charge in [0, 0.05) is 23.0 Å². The Morgan fingerprint density at radius 3 is 2.17 bits per heavy atom. The fourth-order valence-electron chi connectivity index (χ4n) is 2.83. The van der Waals surface area contributed by atoms with Crippen LogP contribution in [0.2, 0.25) is 0 Å². The van der Waals surface area contributed by atoms with Crippen LogP contribution in [0.15, 0.2) is 79.0 Å². The molecule has 0 unspecified atom stereocenters. The molecule has 1 aliphatic rings. The van der Waals surface area contributed by atoms with Crippen LogP contribution in [0.3, 0.4) is 0 Å². The fourth-order valence-corrected chi connectivity index (χ4v) is 2.83. The Morgan fingerprint density at radius 1 is 0.739 bits per heavy atom. The zero-order chi connectivity index (χ0) is 15.6.